The van der Waals surface area contributed by atoms with Gasteiger partial charge in [0.25, 0.3) is 0 Å². The van der Waals surface area contributed by atoms with E-state index in [-0.39, 0.29) is 5.41 Å². The van der Waals surface area contributed by atoms with E-state index >= 15 is 0 Å². The maximum Gasteiger partial charge on any atom is 0.0540 e. The first-order valence-electron chi connectivity index (χ1n) is 21.7. The number of hydrogen-bond donors (Lipinski definition) is 0. The summed E-state index contributed by atoms with van der Waals surface area (Å²) in [5.41, 5.74) is 16.0. The standard InChI is InChI=1S/C61H43N/c1-61(2)58-30-11-9-26-55(58)56-29-15-28-49(60(56)61)41-32-34-44(35-33-41)62(45-36-37-54-52-24-6-5-22-50(52)51-23-7-8-25-53(51)57(54)39-45)59-31-12-10-21-48(59)43-19-13-18-42(38-43)47-27-14-17-40-16-3-4-20-46(40)47/h3-39H,1-2H3. The van der Waals surface area contributed by atoms with Gasteiger partial charge in [-0.3, -0.25) is 0 Å². The highest BCUT2D eigenvalue weighted by Gasteiger charge is 2.37. The minimum atomic E-state index is -0.106. The van der Waals surface area contributed by atoms with E-state index in [2.05, 4.69) is 243 Å². The fourth-order valence-electron chi connectivity index (χ4n) is 10.6. The molecule has 0 unspecified atom stereocenters. The van der Waals surface area contributed by atoms with Crippen LogP contribution in [0.15, 0.2) is 224 Å². The molecule has 11 aromatic carbocycles. The van der Waals surface area contributed by atoms with Crippen LogP contribution in [0.25, 0.3) is 87.6 Å². The molecule has 0 atom stereocenters. The zero-order valence-electron chi connectivity index (χ0n) is 34.8. The van der Waals surface area contributed by atoms with E-state index in [9.17, 15) is 0 Å². The lowest BCUT2D eigenvalue weighted by Crippen LogP contribution is -2.16. The highest BCUT2D eigenvalue weighted by Crippen LogP contribution is 2.52. The molecule has 11 aromatic rings. The van der Waals surface area contributed by atoms with Crippen LogP contribution in [0.4, 0.5) is 17.1 Å². The molecule has 0 bridgehead atoms. The number of para-hydroxylation sites is 1. The van der Waals surface area contributed by atoms with Crippen molar-refractivity contribution in [2.75, 3.05) is 4.90 Å². The van der Waals surface area contributed by atoms with Gasteiger partial charge in [0, 0.05) is 22.4 Å². The summed E-state index contributed by atoms with van der Waals surface area (Å²) >= 11 is 0. The van der Waals surface area contributed by atoms with E-state index in [0.29, 0.717) is 0 Å². The number of benzene rings is 11. The summed E-state index contributed by atoms with van der Waals surface area (Å²) in [7, 11) is 0. The first-order valence-corrected chi connectivity index (χ1v) is 21.7. The third-order valence-corrected chi connectivity index (χ3v) is 13.4. The summed E-state index contributed by atoms with van der Waals surface area (Å²) in [5.74, 6) is 0. The van der Waals surface area contributed by atoms with Crippen LogP contribution in [0.3, 0.4) is 0 Å². The third-order valence-electron chi connectivity index (χ3n) is 13.4. The number of rotatable bonds is 6. The van der Waals surface area contributed by atoms with Crippen molar-refractivity contribution >= 4 is 60.2 Å². The molecule has 292 valence electrons. The van der Waals surface area contributed by atoms with E-state index in [4.69, 9.17) is 0 Å². The Bertz CT molecular complexity index is 3510. The van der Waals surface area contributed by atoms with Crippen molar-refractivity contribution in [2.45, 2.75) is 19.3 Å². The molecule has 0 N–H and O–H groups in total. The predicted molar refractivity (Wildman–Crippen MR) is 265 cm³/mol. The van der Waals surface area contributed by atoms with E-state index in [1.54, 1.807) is 0 Å². The lowest BCUT2D eigenvalue weighted by atomic mass is 9.79. The van der Waals surface area contributed by atoms with Gasteiger partial charge in [-0.15, -0.1) is 0 Å². The predicted octanol–water partition coefficient (Wildman–Crippen LogP) is 17.1. The van der Waals surface area contributed by atoms with Crippen LogP contribution in [-0.4, -0.2) is 0 Å². The second kappa shape index (κ2) is 14.2. The molecule has 12 rings (SSSR count). The summed E-state index contributed by atoms with van der Waals surface area (Å²) in [6, 6.07) is 83.0. The Kier molecular flexibility index (Phi) is 8.27. The second-order valence-electron chi connectivity index (χ2n) is 17.2. The van der Waals surface area contributed by atoms with Crippen molar-refractivity contribution < 1.29 is 0 Å². The summed E-state index contributed by atoms with van der Waals surface area (Å²) in [5, 5.41) is 10.1. The molecule has 1 heteroatoms. The summed E-state index contributed by atoms with van der Waals surface area (Å²) in [6.45, 7) is 4.74. The highest BCUT2D eigenvalue weighted by molar-refractivity contribution is 6.26. The fourth-order valence-corrected chi connectivity index (χ4v) is 10.6. The van der Waals surface area contributed by atoms with E-state index in [0.717, 1.165) is 17.1 Å². The van der Waals surface area contributed by atoms with E-state index < -0.39 is 0 Å². The molecule has 1 nitrogen and oxygen atoms in total. The van der Waals surface area contributed by atoms with Crippen LogP contribution < -0.4 is 4.90 Å². The Balaban J connectivity index is 1.05. The van der Waals surface area contributed by atoms with Crippen molar-refractivity contribution in [1.29, 1.82) is 0 Å². The van der Waals surface area contributed by atoms with Crippen LogP contribution in [-0.2, 0) is 5.41 Å². The van der Waals surface area contributed by atoms with Crippen molar-refractivity contribution in [3.63, 3.8) is 0 Å². The van der Waals surface area contributed by atoms with Gasteiger partial charge >= 0.3 is 0 Å². The maximum atomic E-state index is 2.46. The molecule has 0 heterocycles. The highest BCUT2D eigenvalue weighted by atomic mass is 15.1. The van der Waals surface area contributed by atoms with Crippen LogP contribution >= 0.6 is 0 Å². The Hall–Kier alpha value is -7.74. The number of hydrogen-bond acceptors (Lipinski definition) is 1. The zero-order valence-corrected chi connectivity index (χ0v) is 34.8. The maximum absolute atomic E-state index is 2.46. The average Bonchev–Trinajstić information content (AvgIpc) is 3.58. The fraction of sp³-hybridized carbons (Fsp3) is 0.0492. The average molecular weight is 790 g/mol. The van der Waals surface area contributed by atoms with Crippen molar-refractivity contribution in [3.05, 3.63) is 236 Å². The lowest BCUT2D eigenvalue weighted by Gasteiger charge is -2.29. The van der Waals surface area contributed by atoms with Crippen LogP contribution in [0.2, 0.25) is 0 Å². The zero-order chi connectivity index (χ0) is 41.4. The third kappa shape index (κ3) is 5.62. The topological polar surface area (TPSA) is 3.24 Å². The van der Waals surface area contributed by atoms with Gasteiger partial charge in [-0.2, -0.15) is 0 Å². The normalized spacial score (nSPS) is 12.8. The van der Waals surface area contributed by atoms with Gasteiger partial charge in [0.05, 0.1) is 5.69 Å². The summed E-state index contributed by atoms with van der Waals surface area (Å²) in [6.07, 6.45) is 0. The van der Waals surface area contributed by atoms with Crippen molar-refractivity contribution in [2.24, 2.45) is 0 Å². The van der Waals surface area contributed by atoms with Gasteiger partial charge in [-0.25, -0.2) is 0 Å². The minimum Gasteiger partial charge on any atom is -0.310 e. The van der Waals surface area contributed by atoms with E-state index in [1.807, 2.05) is 0 Å². The van der Waals surface area contributed by atoms with Gasteiger partial charge in [0.15, 0.2) is 0 Å². The number of fused-ring (bicyclic) bond motifs is 10. The lowest BCUT2D eigenvalue weighted by molar-refractivity contribution is 0.662. The van der Waals surface area contributed by atoms with Gasteiger partial charge in [-0.1, -0.05) is 202 Å². The summed E-state index contributed by atoms with van der Waals surface area (Å²) < 4.78 is 0. The van der Waals surface area contributed by atoms with Crippen LogP contribution in [0.5, 0.6) is 0 Å². The molecule has 0 amide bonds. The molecule has 0 saturated carbocycles. The Labute approximate surface area is 362 Å². The van der Waals surface area contributed by atoms with Crippen LogP contribution in [0, 0.1) is 0 Å². The van der Waals surface area contributed by atoms with Gasteiger partial charge in [0.2, 0.25) is 0 Å². The SMILES string of the molecule is CC1(C)c2ccccc2-c2cccc(-c3ccc(N(c4ccc5c6ccccc6c6ccccc6c5c4)c4ccccc4-c4cccc(-c5cccc6ccccc56)c4)cc3)c21. The molecule has 0 saturated heterocycles. The molecule has 0 aliphatic heterocycles. The molecule has 0 radical (unpaired) electrons. The van der Waals surface area contributed by atoms with Crippen molar-refractivity contribution in [3.8, 4) is 44.5 Å². The quantitative estimate of drug-likeness (QED) is 0.152. The van der Waals surface area contributed by atoms with Gasteiger partial charge < -0.3 is 4.90 Å². The molecule has 0 spiro atoms. The first-order chi connectivity index (χ1) is 30.5. The molecular weight excluding hydrogens is 747 g/mol. The Morgan fingerprint density at radius 2 is 0.806 bits per heavy atom. The smallest absolute Gasteiger partial charge is 0.0540 e. The molecular formula is C61H43N. The summed E-state index contributed by atoms with van der Waals surface area (Å²) in [4.78, 5) is 2.46. The largest absolute Gasteiger partial charge is 0.310 e. The Morgan fingerprint density at radius 1 is 0.306 bits per heavy atom. The minimum absolute atomic E-state index is 0.106. The number of nitrogens with zero attached hydrogens (tertiary/aromatic N) is 1. The molecule has 0 fully saturated rings. The molecule has 1 aliphatic rings. The van der Waals surface area contributed by atoms with Crippen LogP contribution in [0.1, 0.15) is 25.0 Å². The monoisotopic (exact) mass is 789 g/mol. The first kappa shape index (κ1) is 36.1. The Morgan fingerprint density at radius 3 is 1.56 bits per heavy atom. The molecule has 1 aliphatic carbocycles. The van der Waals surface area contributed by atoms with E-state index in [1.165, 1.54) is 98.7 Å². The van der Waals surface area contributed by atoms with Gasteiger partial charge in [0.1, 0.15) is 0 Å². The van der Waals surface area contributed by atoms with Gasteiger partial charge in [-0.05, 0) is 130 Å². The second-order valence-corrected chi connectivity index (χ2v) is 17.2. The number of anilines is 3. The molecule has 0 aromatic heterocycles. The van der Waals surface area contributed by atoms with Crippen molar-refractivity contribution in [1.82, 2.24) is 0 Å². The molecule has 62 heavy (non-hydrogen) atoms.